The molecule has 20 heavy (non-hydrogen) atoms. The second-order valence-corrected chi connectivity index (χ2v) is 7.39. The minimum absolute atomic E-state index is 0.0151. The number of phenolic OH excluding ortho intramolecular Hbond substituents is 1. The SMILES string of the molecule is O=C(OCC[NH+]1CCCCC1)c1cc(I)cc(I)c1O. The van der Waals surface area contributed by atoms with Crippen LogP contribution in [0.4, 0.5) is 0 Å². The fourth-order valence-corrected chi connectivity index (χ4v) is 4.23. The number of hydrogen-bond acceptors (Lipinski definition) is 3. The van der Waals surface area contributed by atoms with Gasteiger partial charge in [0, 0.05) is 3.57 Å². The van der Waals surface area contributed by atoms with Gasteiger partial charge in [-0.25, -0.2) is 4.79 Å². The zero-order valence-electron chi connectivity index (χ0n) is 11.1. The minimum atomic E-state index is -0.435. The highest BCUT2D eigenvalue weighted by molar-refractivity contribution is 14.1. The number of quaternary nitrogens is 1. The van der Waals surface area contributed by atoms with E-state index in [1.807, 2.05) is 28.7 Å². The van der Waals surface area contributed by atoms with E-state index in [1.54, 1.807) is 6.07 Å². The summed E-state index contributed by atoms with van der Waals surface area (Å²) in [5.74, 6) is -0.420. The summed E-state index contributed by atoms with van der Waals surface area (Å²) < 4.78 is 6.88. The third-order valence-electron chi connectivity index (χ3n) is 3.50. The molecule has 0 bridgehead atoms. The number of esters is 1. The zero-order valence-corrected chi connectivity index (χ0v) is 15.4. The van der Waals surface area contributed by atoms with Gasteiger partial charge in [0.1, 0.15) is 24.5 Å². The Labute approximate surface area is 146 Å². The number of carbonyl (C=O) groups is 1. The summed E-state index contributed by atoms with van der Waals surface area (Å²) >= 11 is 4.14. The molecule has 2 N–H and O–H groups in total. The third kappa shape index (κ3) is 4.45. The van der Waals surface area contributed by atoms with E-state index in [0.717, 1.165) is 10.1 Å². The van der Waals surface area contributed by atoms with Crippen molar-refractivity contribution in [2.75, 3.05) is 26.2 Å². The molecule has 2 rings (SSSR count). The largest absolute Gasteiger partial charge is 0.506 e. The highest BCUT2D eigenvalue weighted by atomic mass is 127. The second-order valence-electron chi connectivity index (χ2n) is 4.98. The average Bonchev–Trinajstić information content (AvgIpc) is 2.44. The monoisotopic (exact) mass is 502 g/mol. The van der Waals surface area contributed by atoms with Crippen molar-refractivity contribution in [1.29, 1.82) is 0 Å². The quantitative estimate of drug-likeness (QED) is 0.489. The van der Waals surface area contributed by atoms with Crippen molar-refractivity contribution < 1.29 is 19.5 Å². The number of nitrogens with one attached hydrogen (secondary N) is 1. The van der Waals surface area contributed by atoms with Crippen LogP contribution in [0.25, 0.3) is 0 Å². The maximum atomic E-state index is 12.0. The van der Waals surface area contributed by atoms with Crippen LogP contribution < -0.4 is 4.90 Å². The molecule has 1 aliphatic heterocycles. The van der Waals surface area contributed by atoms with Gasteiger partial charge in [-0.3, -0.25) is 0 Å². The van der Waals surface area contributed by atoms with Crippen LogP contribution in [0.5, 0.6) is 5.75 Å². The molecular weight excluding hydrogens is 484 g/mol. The molecule has 1 fully saturated rings. The summed E-state index contributed by atoms with van der Waals surface area (Å²) in [6.07, 6.45) is 3.84. The second kappa shape index (κ2) is 7.79. The summed E-state index contributed by atoms with van der Waals surface area (Å²) in [4.78, 5) is 13.5. The van der Waals surface area contributed by atoms with Crippen LogP contribution in [0.15, 0.2) is 12.1 Å². The summed E-state index contributed by atoms with van der Waals surface area (Å²) in [5.41, 5.74) is 0.259. The number of hydrogen-bond donors (Lipinski definition) is 2. The van der Waals surface area contributed by atoms with Crippen molar-refractivity contribution in [2.45, 2.75) is 19.3 Å². The Balaban J connectivity index is 1.88. The fourth-order valence-electron chi connectivity index (χ4n) is 2.39. The number of rotatable bonds is 4. The zero-order chi connectivity index (χ0) is 14.5. The number of likely N-dealkylation sites (tertiary alicyclic amines) is 1. The molecule has 0 spiro atoms. The van der Waals surface area contributed by atoms with Gasteiger partial charge in [-0.1, -0.05) is 0 Å². The molecule has 0 radical (unpaired) electrons. The van der Waals surface area contributed by atoms with E-state index < -0.39 is 5.97 Å². The van der Waals surface area contributed by atoms with Crippen molar-refractivity contribution in [3.63, 3.8) is 0 Å². The summed E-state index contributed by atoms with van der Waals surface area (Å²) in [7, 11) is 0. The lowest BCUT2D eigenvalue weighted by Crippen LogP contribution is -3.13. The molecule has 0 amide bonds. The van der Waals surface area contributed by atoms with Crippen LogP contribution in [0.2, 0.25) is 0 Å². The number of carbonyl (C=O) groups excluding carboxylic acids is 1. The Kier molecular flexibility index (Phi) is 6.34. The number of benzene rings is 1. The molecule has 1 saturated heterocycles. The van der Waals surface area contributed by atoms with E-state index in [-0.39, 0.29) is 11.3 Å². The first-order valence-electron chi connectivity index (χ1n) is 6.76. The summed E-state index contributed by atoms with van der Waals surface area (Å²) in [5, 5.41) is 9.92. The molecule has 0 atom stereocenters. The van der Waals surface area contributed by atoms with Gasteiger partial charge in [-0.05, 0) is 76.6 Å². The molecule has 1 heterocycles. The molecule has 1 aromatic carbocycles. The van der Waals surface area contributed by atoms with Gasteiger partial charge in [-0.2, -0.15) is 0 Å². The van der Waals surface area contributed by atoms with Crippen LogP contribution in [0.1, 0.15) is 29.6 Å². The van der Waals surface area contributed by atoms with E-state index in [0.29, 0.717) is 10.2 Å². The first kappa shape index (κ1) is 16.3. The number of aromatic hydroxyl groups is 1. The molecule has 4 nitrogen and oxygen atoms in total. The lowest BCUT2D eigenvalue weighted by Gasteiger charge is -2.23. The predicted molar refractivity (Wildman–Crippen MR) is 93.2 cm³/mol. The van der Waals surface area contributed by atoms with E-state index >= 15 is 0 Å². The molecule has 1 aromatic rings. The fraction of sp³-hybridized carbons (Fsp3) is 0.500. The Morgan fingerprint density at radius 3 is 2.65 bits per heavy atom. The summed E-state index contributed by atoms with van der Waals surface area (Å²) in [6.45, 7) is 3.61. The predicted octanol–water partition coefficient (Wildman–Crippen LogP) is 1.83. The molecule has 110 valence electrons. The lowest BCUT2D eigenvalue weighted by atomic mass is 10.1. The smallest absolute Gasteiger partial charge is 0.342 e. The molecule has 6 heteroatoms. The van der Waals surface area contributed by atoms with E-state index in [4.69, 9.17) is 4.74 Å². The van der Waals surface area contributed by atoms with Crippen LogP contribution in [0, 0.1) is 7.14 Å². The first-order valence-corrected chi connectivity index (χ1v) is 8.92. The van der Waals surface area contributed by atoms with Gasteiger partial charge in [-0.15, -0.1) is 0 Å². The van der Waals surface area contributed by atoms with Gasteiger partial charge in [0.2, 0.25) is 0 Å². The molecule has 0 saturated carbocycles. The third-order valence-corrected chi connectivity index (χ3v) is 4.94. The Bertz CT molecular complexity index is 488. The number of phenols is 1. The molecular formula is C14H18I2NO3+. The van der Waals surface area contributed by atoms with Crippen molar-refractivity contribution in [2.24, 2.45) is 0 Å². The van der Waals surface area contributed by atoms with Gasteiger partial charge < -0.3 is 14.7 Å². The maximum absolute atomic E-state index is 12.0. The highest BCUT2D eigenvalue weighted by Crippen LogP contribution is 2.27. The van der Waals surface area contributed by atoms with Gasteiger partial charge >= 0.3 is 5.97 Å². The maximum Gasteiger partial charge on any atom is 0.342 e. The standard InChI is InChI=1S/C14H17I2NO3/c15-10-8-11(13(18)12(16)9-10)14(19)20-7-6-17-4-2-1-3-5-17/h8-9,18H,1-7H2/p+1. The van der Waals surface area contributed by atoms with Crippen LogP contribution >= 0.6 is 45.2 Å². The summed E-state index contributed by atoms with van der Waals surface area (Å²) in [6, 6.07) is 3.49. The number of ether oxygens (including phenoxy) is 1. The van der Waals surface area contributed by atoms with Crippen molar-refractivity contribution in [1.82, 2.24) is 0 Å². The van der Waals surface area contributed by atoms with Gasteiger partial charge in [0.15, 0.2) is 0 Å². The number of piperidine rings is 1. The lowest BCUT2D eigenvalue weighted by molar-refractivity contribution is -0.905. The van der Waals surface area contributed by atoms with Gasteiger partial charge in [0.05, 0.1) is 16.7 Å². The Hall–Kier alpha value is -0.0900. The van der Waals surface area contributed by atoms with Crippen LogP contribution in [0.3, 0.4) is 0 Å². The molecule has 0 unspecified atom stereocenters. The Morgan fingerprint density at radius 2 is 1.95 bits per heavy atom. The Morgan fingerprint density at radius 1 is 1.25 bits per heavy atom. The van der Waals surface area contributed by atoms with E-state index in [1.165, 1.54) is 37.3 Å². The van der Waals surface area contributed by atoms with Crippen molar-refractivity contribution in [3.05, 3.63) is 24.8 Å². The van der Waals surface area contributed by atoms with Crippen LogP contribution in [-0.4, -0.2) is 37.3 Å². The molecule has 0 aliphatic carbocycles. The minimum Gasteiger partial charge on any atom is -0.506 e. The van der Waals surface area contributed by atoms with E-state index in [2.05, 4.69) is 22.6 Å². The highest BCUT2D eigenvalue weighted by Gasteiger charge is 2.18. The topological polar surface area (TPSA) is 51.0 Å². The molecule has 1 aliphatic rings. The van der Waals surface area contributed by atoms with Gasteiger partial charge in [0.25, 0.3) is 0 Å². The number of halogens is 2. The first-order chi connectivity index (χ1) is 9.58. The van der Waals surface area contributed by atoms with Crippen molar-refractivity contribution >= 4 is 51.2 Å². The van der Waals surface area contributed by atoms with Crippen molar-refractivity contribution in [3.8, 4) is 5.75 Å². The average molecular weight is 502 g/mol. The molecule has 0 aromatic heterocycles. The van der Waals surface area contributed by atoms with E-state index in [9.17, 15) is 9.90 Å². The normalized spacial score (nSPS) is 16.1. The van der Waals surface area contributed by atoms with Crippen LogP contribution in [-0.2, 0) is 4.74 Å².